The van der Waals surface area contributed by atoms with E-state index in [9.17, 15) is 18.5 Å². The van der Waals surface area contributed by atoms with Crippen molar-refractivity contribution in [3.05, 3.63) is 48.0 Å². The summed E-state index contributed by atoms with van der Waals surface area (Å²) in [6, 6.07) is 12.7. The van der Waals surface area contributed by atoms with E-state index in [2.05, 4.69) is 26.5 Å². The van der Waals surface area contributed by atoms with Gasteiger partial charge in [-0.05, 0) is 49.4 Å². The first kappa shape index (κ1) is 24.6. The Kier molecular flexibility index (Phi) is 6.56. The molecule has 12 nitrogen and oxygen atoms in total. The third kappa shape index (κ3) is 4.81. The van der Waals surface area contributed by atoms with E-state index >= 15 is 0 Å². The fraction of sp³-hybridized carbons (Fsp3) is 0.174. The Labute approximate surface area is 207 Å². The van der Waals surface area contributed by atoms with Crippen LogP contribution in [0.15, 0.2) is 52.5 Å². The van der Waals surface area contributed by atoms with Gasteiger partial charge in [0.15, 0.2) is 17.3 Å². The van der Waals surface area contributed by atoms with Crippen LogP contribution in [0.4, 0.5) is 17.5 Å². The predicted octanol–water partition coefficient (Wildman–Crippen LogP) is 2.54. The number of nitrogens with one attached hydrogen (secondary N) is 1. The number of hydrazone groups is 1. The maximum absolute atomic E-state index is 12.6. The number of ether oxygens (including phenoxy) is 2. The topological polar surface area (TPSA) is 173 Å². The first-order valence-corrected chi connectivity index (χ1v) is 12.0. The van der Waals surface area contributed by atoms with E-state index in [1.54, 1.807) is 25.1 Å². The monoisotopic (exact) mass is 507 g/mol. The molecule has 1 aliphatic heterocycles. The number of aromatic nitrogens is 2. The van der Waals surface area contributed by atoms with Gasteiger partial charge in [0, 0.05) is 17.0 Å². The lowest BCUT2D eigenvalue weighted by atomic mass is 10.1. The number of rotatable bonds is 7. The van der Waals surface area contributed by atoms with Crippen molar-refractivity contribution in [2.45, 2.75) is 18.2 Å². The summed E-state index contributed by atoms with van der Waals surface area (Å²) in [7, 11) is -0.875. The van der Waals surface area contributed by atoms with Crippen LogP contribution in [-0.2, 0) is 14.8 Å². The zero-order chi connectivity index (χ0) is 26.0. The summed E-state index contributed by atoms with van der Waals surface area (Å²) in [4.78, 5) is 21.5. The molecule has 0 saturated heterocycles. The quantitative estimate of drug-likeness (QED) is 0.487. The van der Waals surface area contributed by atoms with Crippen LogP contribution < -0.4 is 24.9 Å². The summed E-state index contributed by atoms with van der Waals surface area (Å²) in [5.41, 5.74) is 1.78. The summed E-state index contributed by atoms with van der Waals surface area (Å²) >= 11 is 0. The van der Waals surface area contributed by atoms with Crippen LogP contribution in [0, 0.1) is 11.3 Å². The van der Waals surface area contributed by atoms with Gasteiger partial charge in [-0.2, -0.15) is 20.4 Å². The van der Waals surface area contributed by atoms with Crippen molar-refractivity contribution in [1.29, 1.82) is 5.26 Å². The average molecular weight is 508 g/mol. The van der Waals surface area contributed by atoms with Gasteiger partial charge in [-0.3, -0.25) is 4.79 Å². The molecule has 4 rings (SSSR count). The van der Waals surface area contributed by atoms with E-state index in [1.165, 1.54) is 38.5 Å². The molecule has 0 aliphatic carbocycles. The average Bonchev–Trinajstić information content (AvgIpc) is 3.20. The highest BCUT2D eigenvalue weighted by Gasteiger charge is 2.29. The molecule has 3 N–H and O–H groups in total. The number of sulfonamides is 1. The molecular weight excluding hydrogens is 486 g/mol. The number of nitriles is 1. The SMILES string of the molecule is COc1ccc(-c2nc(Nc3ccc(S(N)(=O)=O)cc3)nc(N3N=C(C)CC3=O)c2C#N)cc1OC. The third-order valence-corrected chi connectivity index (χ3v) is 6.14. The van der Waals surface area contributed by atoms with Crippen molar-refractivity contribution in [1.82, 2.24) is 9.97 Å². The third-order valence-electron chi connectivity index (χ3n) is 5.21. The summed E-state index contributed by atoms with van der Waals surface area (Å²) in [5.74, 6) is 0.604. The highest BCUT2D eigenvalue weighted by molar-refractivity contribution is 7.89. The number of nitrogens with two attached hydrogens (primary N) is 1. The second kappa shape index (κ2) is 9.61. The maximum Gasteiger partial charge on any atom is 0.254 e. The van der Waals surface area contributed by atoms with Gasteiger partial charge >= 0.3 is 0 Å². The number of hydrogen-bond acceptors (Lipinski definition) is 10. The Balaban J connectivity index is 1.87. The van der Waals surface area contributed by atoms with Crippen LogP contribution in [0.2, 0.25) is 0 Å². The zero-order valence-corrected chi connectivity index (χ0v) is 20.3. The molecule has 0 spiro atoms. The van der Waals surface area contributed by atoms with Gasteiger partial charge in [0.1, 0.15) is 11.6 Å². The molecule has 0 saturated carbocycles. The first-order chi connectivity index (χ1) is 17.1. The second-order valence-corrected chi connectivity index (χ2v) is 9.25. The molecule has 0 radical (unpaired) electrons. The number of anilines is 3. The molecule has 36 heavy (non-hydrogen) atoms. The molecule has 13 heteroatoms. The second-order valence-electron chi connectivity index (χ2n) is 7.69. The minimum atomic E-state index is -3.86. The molecule has 1 amide bonds. The lowest BCUT2D eigenvalue weighted by molar-refractivity contribution is -0.116. The number of primary sulfonamides is 1. The van der Waals surface area contributed by atoms with Crippen LogP contribution in [0.1, 0.15) is 18.9 Å². The standard InChI is InChI=1S/C23H21N7O5S/c1-13-10-20(31)30(29-13)22-17(12-24)21(14-4-9-18(34-2)19(11-14)35-3)27-23(28-22)26-15-5-7-16(8-6-15)36(25,32)33/h4-9,11H,10H2,1-3H3,(H2,25,32,33)(H,26,27,28). The van der Waals surface area contributed by atoms with Gasteiger partial charge < -0.3 is 14.8 Å². The molecule has 2 heterocycles. The smallest absolute Gasteiger partial charge is 0.254 e. The minimum Gasteiger partial charge on any atom is -0.493 e. The van der Waals surface area contributed by atoms with E-state index in [0.717, 1.165) is 5.01 Å². The molecule has 0 fully saturated rings. The molecular formula is C23H21N7O5S. The molecule has 0 atom stereocenters. The van der Waals surface area contributed by atoms with Gasteiger partial charge in [0.25, 0.3) is 5.91 Å². The fourth-order valence-corrected chi connectivity index (χ4v) is 4.05. The maximum atomic E-state index is 12.6. The van der Waals surface area contributed by atoms with Crippen LogP contribution in [-0.4, -0.2) is 44.2 Å². The predicted molar refractivity (Wildman–Crippen MR) is 132 cm³/mol. The number of nitrogens with zero attached hydrogens (tertiary/aromatic N) is 5. The minimum absolute atomic E-state index is 0.00258. The zero-order valence-electron chi connectivity index (χ0n) is 19.5. The molecule has 0 unspecified atom stereocenters. The molecule has 3 aromatic rings. The van der Waals surface area contributed by atoms with E-state index < -0.39 is 10.0 Å². The lowest BCUT2D eigenvalue weighted by Gasteiger charge is -2.17. The number of methoxy groups -OCH3 is 2. The van der Waals surface area contributed by atoms with Crippen molar-refractivity contribution >= 4 is 39.1 Å². The van der Waals surface area contributed by atoms with Crippen molar-refractivity contribution in [3.8, 4) is 28.8 Å². The normalized spacial score (nSPS) is 13.2. The highest BCUT2D eigenvalue weighted by Crippen LogP contribution is 2.36. The van der Waals surface area contributed by atoms with Crippen molar-refractivity contribution < 1.29 is 22.7 Å². The molecule has 184 valence electrons. The van der Waals surface area contributed by atoms with Crippen LogP contribution in [0.5, 0.6) is 11.5 Å². The van der Waals surface area contributed by atoms with E-state index in [1.807, 2.05) is 0 Å². The van der Waals surface area contributed by atoms with Crippen LogP contribution in [0.25, 0.3) is 11.3 Å². The van der Waals surface area contributed by atoms with Gasteiger partial charge in [-0.25, -0.2) is 18.5 Å². The van der Waals surface area contributed by atoms with Crippen molar-refractivity contribution in [3.63, 3.8) is 0 Å². The Morgan fingerprint density at radius 1 is 1.08 bits per heavy atom. The summed E-state index contributed by atoms with van der Waals surface area (Å²) in [6.45, 7) is 1.70. The number of benzene rings is 2. The number of amides is 1. The Morgan fingerprint density at radius 3 is 2.33 bits per heavy atom. The van der Waals surface area contributed by atoms with Gasteiger partial charge in [-0.15, -0.1) is 0 Å². The lowest BCUT2D eigenvalue weighted by Crippen LogP contribution is -2.23. The summed E-state index contributed by atoms with van der Waals surface area (Å²) in [5, 5.41) is 23.5. The van der Waals surface area contributed by atoms with Crippen LogP contribution >= 0.6 is 0 Å². The Morgan fingerprint density at radius 2 is 1.78 bits per heavy atom. The van der Waals surface area contributed by atoms with Gasteiger partial charge in [0.05, 0.1) is 31.2 Å². The molecule has 0 bridgehead atoms. The van der Waals surface area contributed by atoms with Crippen molar-refractivity contribution in [2.75, 3.05) is 24.5 Å². The highest BCUT2D eigenvalue weighted by atomic mass is 32.2. The summed E-state index contributed by atoms with van der Waals surface area (Å²) in [6.07, 6.45) is 0.0956. The number of carbonyl (C=O) groups excluding carboxylic acids is 1. The number of hydrogen-bond donors (Lipinski definition) is 2. The van der Waals surface area contributed by atoms with Gasteiger partial charge in [0.2, 0.25) is 16.0 Å². The van der Waals surface area contributed by atoms with Gasteiger partial charge in [-0.1, -0.05) is 0 Å². The molecule has 1 aliphatic rings. The van der Waals surface area contributed by atoms with E-state index in [-0.39, 0.29) is 40.2 Å². The number of carbonyl (C=O) groups is 1. The van der Waals surface area contributed by atoms with Crippen LogP contribution in [0.3, 0.4) is 0 Å². The Bertz CT molecular complexity index is 1530. The van der Waals surface area contributed by atoms with E-state index in [0.29, 0.717) is 28.5 Å². The molecule has 1 aromatic heterocycles. The summed E-state index contributed by atoms with van der Waals surface area (Å²) < 4.78 is 33.8. The van der Waals surface area contributed by atoms with Crippen molar-refractivity contribution in [2.24, 2.45) is 10.2 Å². The largest absolute Gasteiger partial charge is 0.493 e. The fourth-order valence-electron chi connectivity index (χ4n) is 3.53. The molecule has 2 aromatic carbocycles. The first-order valence-electron chi connectivity index (χ1n) is 10.5. The Hall–Kier alpha value is -4.54. The van der Waals surface area contributed by atoms with E-state index in [4.69, 9.17) is 14.6 Å².